The van der Waals surface area contributed by atoms with E-state index in [1.165, 1.54) is 18.2 Å². The van der Waals surface area contributed by atoms with Crippen molar-refractivity contribution in [2.45, 2.75) is 36.3 Å². The Morgan fingerprint density at radius 1 is 1.38 bits per heavy atom. The second-order valence-corrected chi connectivity index (χ2v) is 6.73. The Kier molecular flexibility index (Phi) is 4.50. The highest BCUT2D eigenvalue weighted by atomic mass is 32.2. The summed E-state index contributed by atoms with van der Waals surface area (Å²) in [5, 5.41) is 0. The SMILES string of the molecule is COC1CCCC1NS(=O)(=O)c1ccc(C(N)=O)cc1N. The topological polar surface area (TPSA) is 125 Å². The van der Waals surface area contributed by atoms with E-state index in [4.69, 9.17) is 16.2 Å². The summed E-state index contributed by atoms with van der Waals surface area (Å²) >= 11 is 0. The van der Waals surface area contributed by atoms with Gasteiger partial charge in [-0.15, -0.1) is 0 Å². The predicted molar refractivity (Wildman–Crippen MR) is 78.1 cm³/mol. The Labute approximate surface area is 123 Å². The third-order valence-electron chi connectivity index (χ3n) is 3.65. The fraction of sp³-hybridized carbons (Fsp3) is 0.462. The number of nitrogen functional groups attached to an aromatic ring is 1. The van der Waals surface area contributed by atoms with Gasteiger partial charge in [-0.3, -0.25) is 4.79 Å². The first kappa shape index (κ1) is 15.7. The van der Waals surface area contributed by atoms with Gasteiger partial charge in [-0.2, -0.15) is 0 Å². The van der Waals surface area contributed by atoms with Gasteiger partial charge in [0.1, 0.15) is 4.90 Å². The summed E-state index contributed by atoms with van der Waals surface area (Å²) in [6.07, 6.45) is 2.31. The normalized spacial score (nSPS) is 22.3. The molecule has 1 aromatic carbocycles. The van der Waals surface area contributed by atoms with Crippen molar-refractivity contribution in [3.05, 3.63) is 23.8 Å². The Balaban J connectivity index is 2.25. The van der Waals surface area contributed by atoms with Crippen LogP contribution in [0, 0.1) is 0 Å². The summed E-state index contributed by atoms with van der Waals surface area (Å²) in [5.41, 5.74) is 11.0. The average Bonchev–Trinajstić information content (AvgIpc) is 2.84. The smallest absolute Gasteiger partial charge is 0.248 e. The number of carbonyl (C=O) groups is 1. The average molecular weight is 313 g/mol. The van der Waals surface area contributed by atoms with E-state index in [1.54, 1.807) is 7.11 Å². The van der Waals surface area contributed by atoms with Crippen LogP contribution in [0.5, 0.6) is 0 Å². The van der Waals surface area contributed by atoms with Gasteiger partial charge in [-0.25, -0.2) is 13.1 Å². The molecule has 8 heteroatoms. The summed E-state index contributed by atoms with van der Waals surface area (Å²) in [6.45, 7) is 0. The Morgan fingerprint density at radius 2 is 2.10 bits per heavy atom. The molecule has 1 aliphatic carbocycles. The van der Waals surface area contributed by atoms with Gasteiger partial charge in [0.25, 0.3) is 0 Å². The van der Waals surface area contributed by atoms with E-state index in [9.17, 15) is 13.2 Å². The number of methoxy groups -OCH3 is 1. The van der Waals surface area contributed by atoms with E-state index < -0.39 is 15.9 Å². The van der Waals surface area contributed by atoms with Gasteiger partial charge in [0.05, 0.1) is 11.8 Å². The minimum atomic E-state index is -3.77. The molecule has 0 aliphatic heterocycles. The zero-order valence-electron chi connectivity index (χ0n) is 11.7. The van der Waals surface area contributed by atoms with Gasteiger partial charge in [-0.1, -0.05) is 0 Å². The molecule has 1 amide bonds. The highest BCUT2D eigenvalue weighted by Crippen LogP contribution is 2.25. The lowest BCUT2D eigenvalue weighted by atomic mass is 10.2. The van der Waals surface area contributed by atoms with Crippen LogP contribution in [-0.4, -0.2) is 33.6 Å². The molecule has 2 unspecified atom stereocenters. The van der Waals surface area contributed by atoms with Gasteiger partial charge < -0.3 is 16.2 Å². The van der Waals surface area contributed by atoms with Crippen LogP contribution in [0.15, 0.2) is 23.1 Å². The fourth-order valence-corrected chi connectivity index (χ4v) is 3.96. The number of ether oxygens (including phenoxy) is 1. The fourth-order valence-electron chi connectivity index (χ4n) is 2.55. The highest BCUT2D eigenvalue weighted by molar-refractivity contribution is 7.89. The molecule has 1 fully saturated rings. The first-order chi connectivity index (χ1) is 9.85. The Hall–Kier alpha value is -1.64. The summed E-state index contributed by atoms with van der Waals surface area (Å²) in [7, 11) is -2.20. The summed E-state index contributed by atoms with van der Waals surface area (Å²) in [4.78, 5) is 11.0. The van der Waals surface area contributed by atoms with Crippen molar-refractivity contribution in [2.75, 3.05) is 12.8 Å². The molecule has 1 saturated carbocycles. The number of hydrogen-bond acceptors (Lipinski definition) is 5. The standard InChI is InChI=1S/C13H19N3O4S/c1-20-11-4-2-3-10(11)16-21(18,19)12-6-5-8(13(15)17)7-9(12)14/h5-7,10-11,16H,2-4,14H2,1H3,(H2,15,17). The number of sulfonamides is 1. The molecule has 2 rings (SSSR count). The number of carbonyl (C=O) groups excluding carboxylic acids is 1. The molecule has 0 spiro atoms. The molecule has 5 N–H and O–H groups in total. The summed E-state index contributed by atoms with van der Waals surface area (Å²) < 4.78 is 32.7. The number of nitrogens with one attached hydrogen (secondary N) is 1. The molecule has 0 bridgehead atoms. The van der Waals surface area contributed by atoms with Crippen molar-refractivity contribution >= 4 is 21.6 Å². The molecule has 0 aromatic heterocycles. The molecule has 21 heavy (non-hydrogen) atoms. The minimum Gasteiger partial charge on any atom is -0.398 e. The zero-order valence-corrected chi connectivity index (χ0v) is 12.5. The Bertz CT molecular complexity index is 645. The van der Waals surface area contributed by atoms with E-state index in [-0.39, 0.29) is 28.3 Å². The molecule has 0 heterocycles. The Morgan fingerprint density at radius 3 is 2.67 bits per heavy atom. The summed E-state index contributed by atoms with van der Waals surface area (Å²) in [6, 6.07) is 3.62. The lowest BCUT2D eigenvalue weighted by Gasteiger charge is -2.20. The first-order valence-corrected chi connectivity index (χ1v) is 8.08. The van der Waals surface area contributed by atoms with Crippen molar-refractivity contribution < 1.29 is 17.9 Å². The van der Waals surface area contributed by atoms with Crippen LogP contribution < -0.4 is 16.2 Å². The molecule has 2 atom stereocenters. The maximum Gasteiger partial charge on any atom is 0.248 e. The molecule has 1 aromatic rings. The maximum atomic E-state index is 12.4. The van der Waals surface area contributed by atoms with E-state index in [1.807, 2.05) is 0 Å². The third-order valence-corrected chi connectivity index (χ3v) is 5.21. The van der Waals surface area contributed by atoms with Crippen LogP contribution in [0.25, 0.3) is 0 Å². The summed E-state index contributed by atoms with van der Waals surface area (Å²) in [5.74, 6) is -0.658. The van der Waals surface area contributed by atoms with Gasteiger partial charge in [0.15, 0.2) is 0 Å². The number of amides is 1. The molecule has 1 aliphatic rings. The van der Waals surface area contributed by atoms with Crippen molar-refractivity contribution in [3.8, 4) is 0 Å². The molecular formula is C13H19N3O4S. The van der Waals surface area contributed by atoms with Gasteiger partial charge in [0, 0.05) is 18.7 Å². The molecule has 0 radical (unpaired) electrons. The van der Waals surface area contributed by atoms with Crippen LogP contribution in [-0.2, 0) is 14.8 Å². The zero-order chi connectivity index (χ0) is 15.6. The molecular weight excluding hydrogens is 294 g/mol. The molecule has 7 nitrogen and oxygen atoms in total. The number of primary amides is 1. The van der Waals surface area contributed by atoms with Gasteiger partial charge in [-0.05, 0) is 37.5 Å². The van der Waals surface area contributed by atoms with Crippen molar-refractivity contribution in [3.63, 3.8) is 0 Å². The largest absolute Gasteiger partial charge is 0.398 e. The van der Waals surface area contributed by atoms with Crippen molar-refractivity contribution in [2.24, 2.45) is 5.73 Å². The van der Waals surface area contributed by atoms with E-state index in [2.05, 4.69) is 4.72 Å². The number of nitrogens with two attached hydrogens (primary N) is 2. The molecule has 0 saturated heterocycles. The van der Waals surface area contributed by atoms with Crippen LogP contribution in [0.3, 0.4) is 0 Å². The lowest BCUT2D eigenvalue weighted by Crippen LogP contribution is -2.40. The van der Waals surface area contributed by atoms with E-state index in [0.717, 1.165) is 19.3 Å². The van der Waals surface area contributed by atoms with Crippen LogP contribution in [0.1, 0.15) is 29.6 Å². The van der Waals surface area contributed by atoms with Gasteiger partial charge >= 0.3 is 0 Å². The van der Waals surface area contributed by atoms with E-state index >= 15 is 0 Å². The second-order valence-electron chi connectivity index (χ2n) is 5.05. The van der Waals surface area contributed by atoms with Crippen LogP contribution in [0.2, 0.25) is 0 Å². The van der Waals surface area contributed by atoms with Crippen molar-refractivity contribution in [1.82, 2.24) is 4.72 Å². The second kappa shape index (κ2) is 6.00. The monoisotopic (exact) mass is 313 g/mol. The molecule has 116 valence electrons. The first-order valence-electron chi connectivity index (χ1n) is 6.59. The maximum absolute atomic E-state index is 12.4. The van der Waals surface area contributed by atoms with Crippen LogP contribution in [0.4, 0.5) is 5.69 Å². The van der Waals surface area contributed by atoms with Crippen LogP contribution >= 0.6 is 0 Å². The van der Waals surface area contributed by atoms with E-state index in [0.29, 0.717) is 0 Å². The third kappa shape index (κ3) is 3.34. The quantitative estimate of drug-likeness (QED) is 0.670. The number of anilines is 1. The highest BCUT2D eigenvalue weighted by Gasteiger charge is 2.32. The number of benzene rings is 1. The van der Waals surface area contributed by atoms with Crippen molar-refractivity contribution in [1.29, 1.82) is 0 Å². The number of rotatable bonds is 5. The van der Waals surface area contributed by atoms with Gasteiger partial charge in [0.2, 0.25) is 15.9 Å². The predicted octanol–water partition coefficient (Wildman–Crippen LogP) is 0.214. The number of hydrogen-bond donors (Lipinski definition) is 3. The lowest BCUT2D eigenvalue weighted by molar-refractivity contribution is 0.0916. The minimum absolute atomic E-state index is 0.00855.